The molecule has 0 aliphatic rings. The van der Waals surface area contributed by atoms with Gasteiger partial charge in [-0.2, -0.15) is 5.10 Å². The molecule has 0 radical (unpaired) electrons. The molecule has 1 N–H and O–H groups in total. The second-order valence-electron chi connectivity index (χ2n) is 6.25. The van der Waals surface area contributed by atoms with Crippen molar-refractivity contribution in [3.05, 3.63) is 76.8 Å². The predicted molar refractivity (Wildman–Crippen MR) is 106 cm³/mol. The first kappa shape index (κ1) is 19.3. The number of pyridine rings is 1. The molecule has 1 aromatic carbocycles. The highest BCUT2D eigenvalue weighted by atomic mass is 16.5. The fraction of sp³-hybridized carbons (Fsp3) is 0.238. The van der Waals surface area contributed by atoms with Crippen LogP contribution in [-0.4, -0.2) is 27.8 Å². The normalized spacial score (nSPS) is 10.5. The topological polar surface area (TPSA) is 86.1 Å². The lowest BCUT2D eigenvalue weighted by atomic mass is 10.2. The van der Waals surface area contributed by atoms with Gasteiger partial charge in [0.05, 0.1) is 12.8 Å². The molecular formula is C21H22N4O3. The van der Waals surface area contributed by atoms with Crippen LogP contribution in [0, 0.1) is 0 Å². The molecule has 1 amide bonds. The molecule has 3 aromatic rings. The van der Waals surface area contributed by atoms with Crippen LogP contribution in [0.2, 0.25) is 0 Å². The lowest BCUT2D eigenvalue weighted by Gasteiger charge is -2.08. The van der Waals surface area contributed by atoms with Gasteiger partial charge in [0.15, 0.2) is 0 Å². The molecule has 0 saturated carbocycles. The van der Waals surface area contributed by atoms with E-state index in [1.807, 2.05) is 36.4 Å². The van der Waals surface area contributed by atoms with Crippen molar-refractivity contribution in [2.75, 3.05) is 7.11 Å². The van der Waals surface area contributed by atoms with E-state index in [-0.39, 0.29) is 11.5 Å². The van der Waals surface area contributed by atoms with Gasteiger partial charge in [-0.15, -0.1) is 0 Å². The molecule has 144 valence electrons. The minimum atomic E-state index is -0.189. The van der Waals surface area contributed by atoms with Gasteiger partial charge in [-0.05, 0) is 42.3 Å². The van der Waals surface area contributed by atoms with Gasteiger partial charge in [-0.1, -0.05) is 12.1 Å². The summed E-state index contributed by atoms with van der Waals surface area (Å²) in [5.74, 6) is 0.716. The largest absolute Gasteiger partial charge is 0.497 e. The summed E-state index contributed by atoms with van der Waals surface area (Å²) < 4.78 is 6.50. The third-order valence-corrected chi connectivity index (χ3v) is 4.25. The minimum absolute atomic E-state index is 0.0627. The van der Waals surface area contributed by atoms with Crippen LogP contribution in [0.4, 0.5) is 0 Å². The fourth-order valence-electron chi connectivity index (χ4n) is 2.70. The van der Waals surface area contributed by atoms with Gasteiger partial charge in [0.2, 0.25) is 5.91 Å². The Labute approximate surface area is 163 Å². The van der Waals surface area contributed by atoms with E-state index < -0.39 is 0 Å². The van der Waals surface area contributed by atoms with Crippen molar-refractivity contribution in [1.82, 2.24) is 20.1 Å². The number of methoxy groups -OCH3 is 1. The highest BCUT2D eigenvalue weighted by molar-refractivity contribution is 5.75. The van der Waals surface area contributed by atoms with Gasteiger partial charge in [0.1, 0.15) is 5.75 Å². The van der Waals surface area contributed by atoms with Crippen LogP contribution in [0.5, 0.6) is 5.75 Å². The Bertz CT molecular complexity index is 969. The molecule has 3 rings (SSSR count). The predicted octanol–water partition coefficient (Wildman–Crippen LogP) is 2.41. The molecule has 7 nitrogen and oxygen atoms in total. The first-order valence-electron chi connectivity index (χ1n) is 9.04. The Kier molecular flexibility index (Phi) is 6.51. The zero-order valence-corrected chi connectivity index (χ0v) is 15.7. The number of carbonyl (C=O) groups is 1. The molecule has 0 aliphatic heterocycles. The number of nitrogens with zero attached hydrogens (tertiary/aromatic N) is 3. The number of hydrogen-bond donors (Lipinski definition) is 1. The summed E-state index contributed by atoms with van der Waals surface area (Å²) in [7, 11) is 1.61. The summed E-state index contributed by atoms with van der Waals surface area (Å²) in [6, 6.07) is 14.4. The molecular weight excluding hydrogens is 356 g/mol. The number of aryl methyl sites for hydroxylation is 1. The Morgan fingerprint density at radius 3 is 2.68 bits per heavy atom. The molecule has 2 aromatic heterocycles. The second kappa shape index (κ2) is 9.45. The van der Waals surface area contributed by atoms with E-state index in [1.54, 1.807) is 25.6 Å². The molecule has 7 heteroatoms. The van der Waals surface area contributed by atoms with Gasteiger partial charge >= 0.3 is 0 Å². The van der Waals surface area contributed by atoms with E-state index in [2.05, 4.69) is 15.4 Å². The maximum absolute atomic E-state index is 12.1. The number of carbonyl (C=O) groups excluding carboxylic acids is 1. The zero-order chi connectivity index (χ0) is 19.8. The minimum Gasteiger partial charge on any atom is -0.497 e. The molecule has 0 atom stereocenters. The number of aromatic nitrogens is 3. The lowest BCUT2D eigenvalue weighted by molar-refractivity contribution is -0.121. The van der Waals surface area contributed by atoms with Gasteiger partial charge in [0, 0.05) is 43.5 Å². The standard InChI is InChI=1S/C21H22N4O3/c1-28-18-8-6-16(7-9-18)14-23-20(26)5-3-13-25-21(27)11-10-19(24-25)17-4-2-12-22-15-17/h2,4,6-12,15H,3,5,13-14H2,1H3,(H,23,26). The van der Waals surface area contributed by atoms with Crippen LogP contribution in [0.1, 0.15) is 18.4 Å². The smallest absolute Gasteiger partial charge is 0.266 e. The van der Waals surface area contributed by atoms with Crippen LogP contribution >= 0.6 is 0 Å². The van der Waals surface area contributed by atoms with Crippen molar-refractivity contribution in [1.29, 1.82) is 0 Å². The zero-order valence-electron chi connectivity index (χ0n) is 15.7. The number of benzene rings is 1. The first-order valence-corrected chi connectivity index (χ1v) is 9.04. The van der Waals surface area contributed by atoms with Crippen LogP contribution < -0.4 is 15.6 Å². The molecule has 0 fully saturated rings. The molecule has 0 bridgehead atoms. The van der Waals surface area contributed by atoms with Crippen LogP contribution in [0.15, 0.2) is 65.7 Å². The molecule has 2 heterocycles. The molecule has 0 spiro atoms. The summed E-state index contributed by atoms with van der Waals surface area (Å²) in [5, 5.41) is 7.25. The SMILES string of the molecule is COc1ccc(CNC(=O)CCCn2nc(-c3cccnc3)ccc2=O)cc1. The van der Waals surface area contributed by atoms with Crippen molar-refractivity contribution in [2.45, 2.75) is 25.9 Å². The average molecular weight is 378 g/mol. The highest BCUT2D eigenvalue weighted by Crippen LogP contribution is 2.13. The van der Waals surface area contributed by atoms with E-state index in [0.717, 1.165) is 16.9 Å². The summed E-state index contributed by atoms with van der Waals surface area (Å²) in [5.41, 5.74) is 2.33. The summed E-state index contributed by atoms with van der Waals surface area (Å²) in [6.07, 6.45) is 4.23. The van der Waals surface area contributed by atoms with Gasteiger partial charge in [-0.25, -0.2) is 4.68 Å². The maximum atomic E-state index is 12.1. The van der Waals surface area contributed by atoms with Crippen molar-refractivity contribution >= 4 is 5.91 Å². The Hall–Kier alpha value is -3.48. The van der Waals surface area contributed by atoms with E-state index in [4.69, 9.17) is 4.74 Å². The maximum Gasteiger partial charge on any atom is 0.266 e. The van der Waals surface area contributed by atoms with E-state index >= 15 is 0 Å². The van der Waals surface area contributed by atoms with Crippen molar-refractivity contribution in [3.8, 4) is 17.0 Å². The highest BCUT2D eigenvalue weighted by Gasteiger charge is 2.06. The number of hydrogen-bond acceptors (Lipinski definition) is 5. The lowest BCUT2D eigenvalue weighted by Crippen LogP contribution is -2.25. The van der Waals surface area contributed by atoms with E-state index in [1.165, 1.54) is 10.7 Å². The molecule has 0 saturated heterocycles. The van der Waals surface area contributed by atoms with Crippen molar-refractivity contribution < 1.29 is 9.53 Å². The number of ether oxygens (including phenoxy) is 1. The van der Waals surface area contributed by atoms with Crippen LogP contribution in [-0.2, 0) is 17.9 Å². The second-order valence-corrected chi connectivity index (χ2v) is 6.25. The Balaban J connectivity index is 1.50. The fourth-order valence-corrected chi connectivity index (χ4v) is 2.70. The molecule has 0 aliphatic carbocycles. The summed E-state index contributed by atoms with van der Waals surface area (Å²) in [4.78, 5) is 28.1. The van der Waals surface area contributed by atoms with Crippen LogP contribution in [0.3, 0.4) is 0 Å². The molecule has 0 unspecified atom stereocenters. The van der Waals surface area contributed by atoms with Crippen molar-refractivity contribution in [3.63, 3.8) is 0 Å². The third kappa shape index (κ3) is 5.26. The average Bonchev–Trinajstić information content (AvgIpc) is 2.74. The van der Waals surface area contributed by atoms with E-state index in [0.29, 0.717) is 31.6 Å². The Morgan fingerprint density at radius 1 is 1.14 bits per heavy atom. The van der Waals surface area contributed by atoms with Crippen molar-refractivity contribution in [2.24, 2.45) is 0 Å². The van der Waals surface area contributed by atoms with Gasteiger partial charge in [0.25, 0.3) is 5.56 Å². The van der Waals surface area contributed by atoms with Gasteiger partial charge in [-0.3, -0.25) is 14.6 Å². The summed E-state index contributed by atoms with van der Waals surface area (Å²) >= 11 is 0. The van der Waals surface area contributed by atoms with Gasteiger partial charge < -0.3 is 10.1 Å². The molecule has 28 heavy (non-hydrogen) atoms. The summed E-state index contributed by atoms with van der Waals surface area (Å²) in [6.45, 7) is 0.834. The first-order chi connectivity index (χ1) is 13.7. The number of amides is 1. The monoisotopic (exact) mass is 378 g/mol. The van der Waals surface area contributed by atoms with E-state index in [9.17, 15) is 9.59 Å². The number of nitrogens with one attached hydrogen (secondary N) is 1. The Morgan fingerprint density at radius 2 is 1.96 bits per heavy atom. The quantitative estimate of drug-likeness (QED) is 0.651. The van der Waals surface area contributed by atoms with Crippen LogP contribution in [0.25, 0.3) is 11.3 Å². The third-order valence-electron chi connectivity index (χ3n) is 4.25. The number of rotatable bonds is 8.